The van der Waals surface area contributed by atoms with Crippen LogP contribution in [0.4, 0.5) is 0 Å². The number of para-hydroxylation sites is 1. The Bertz CT molecular complexity index is 1160. The van der Waals surface area contributed by atoms with Crippen LogP contribution >= 0.6 is 0 Å². The van der Waals surface area contributed by atoms with E-state index in [1.807, 2.05) is 47.7 Å². The molecule has 0 aliphatic heterocycles. The van der Waals surface area contributed by atoms with Crippen LogP contribution in [0.5, 0.6) is 0 Å². The van der Waals surface area contributed by atoms with Gasteiger partial charge in [-0.15, -0.1) is 0 Å². The molecule has 2 bridgehead atoms. The van der Waals surface area contributed by atoms with Gasteiger partial charge in [0.15, 0.2) is 5.82 Å². The molecule has 2 saturated carbocycles. The lowest BCUT2D eigenvalue weighted by Gasteiger charge is -2.32. The number of hydrogen-bond donors (Lipinski definition) is 0. The maximum Gasteiger partial charge on any atom is 0.160 e. The summed E-state index contributed by atoms with van der Waals surface area (Å²) in [7, 11) is 0. The topological polar surface area (TPSA) is 38.7 Å². The lowest BCUT2D eigenvalue weighted by molar-refractivity contribution is 0.251. The molecule has 2 heterocycles. The number of pyridine rings is 1. The Balaban J connectivity index is 0.000000725. The molecule has 2 aromatic heterocycles. The predicted octanol–water partition coefficient (Wildman–Crippen LogP) is 11.5. The summed E-state index contributed by atoms with van der Waals surface area (Å²) in [6.07, 6.45) is 20.6. The number of benzene rings is 1. The SMILES string of the molecule is CC.CC.CC.CC1CCCc2c(CCC3CCC3)nc(-c3ccnc4ccccc34)nc2C2CCCCC1CC2. The average Bonchev–Trinajstić information content (AvgIpc) is 2.99. The van der Waals surface area contributed by atoms with E-state index in [2.05, 4.69) is 42.2 Å². The maximum atomic E-state index is 5.46. The Morgan fingerprint density at radius 3 is 2.24 bits per heavy atom. The van der Waals surface area contributed by atoms with Crippen molar-refractivity contribution in [2.75, 3.05) is 0 Å². The fraction of sp³-hybridized carbons (Fsp3) is 0.658. The summed E-state index contributed by atoms with van der Waals surface area (Å²) in [5.74, 6) is 4.21. The van der Waals surface area contributed by atoms with Crippen molar-refractivity contribution < 1.29 is 0 Å². The molecule has 3 aromatic rings. The van der Waals surface area contributed by atoms with E-state index in [0.29, 0.717) is 5.92 Å². The summed E-state index contributed by atoms with van der Waals surface area (Å²) in [6, 6.07) is 10.6. The number of rotatable bonds is 4. The summed E-state index contributed by atoms with van der Waals surface area (Å²) in [5, 5.41) is 1.17. The van der Waals surface area contributed by atoms with Gasteiger partial charge in [-0.2, -0.15) is 0 Å². The molecule has 3 atom stereocenters. The van der Waals surface area contributed by atoms with Gasteiger partial charge in [-0.1, -0.05) is 112 Å². The van der Waals surface area contributed by atoms with E-state index in [0.717, 1.165) is 41.1 Å². The summed E-state index contributed by atoms with van der Waals surface area (Å²) >= 11 is 0. The van der Waals surface area contributed by atoms with Crippen molar-refractivity contribution in [2.45, 2.75) is 144 Å². The molecule has 3 nitrogen and oxygen atoms in total. The van der Waals surface area contributed by atoms with Gasteiger partial charge in [0.1, 0.15) is 0 Å². The van der Waals surface area contributed by atoms with Crippen molar-refractivity contribution >= 4 is 10.9 Å². The van der Waals surface area contributed by atoms with Crippen LogP contribution in [0.2, 0.25) is 0 Å². The second kappa shape index (κ2) is 17.6. The van der Waals surface area contributed by atoms with Gasteiger partial charge in [0.25, 0.3) is 0 Å². The van der Waals surface area contributed by atoms with Gasteiger partial charge in [-0.3, -0.25) is 4.98 Å². The molecule has 3 heteroatoms. The highest BCUT2D eigenvalue weighted by Crippen LogP contribution is 2.41. The zero-order chi connectivity index (χ0) is 29.6. The minimum atomic E-state index is 0.593. The molecule has 226 valence electrons. The molecule has 41 heavy (non-hydrogen) atoms. The van der Waals surface area contributed by atoms with Gasteiger partial charge in [-0.25, -0.2) is 9.97 Å². The molecule has 3 unspecified atom stereocenters. The second-order valence-electron chi connectivity index (χ2n) is 11.8. The minimum Gasteiger partial charge on any atom is -0.256 e. The van der Waals surface area contributed by atoms with Crippen LogP contribution in [0.25, 0.3) is 22.3 Å². The van der Waals surface area contributed by atoms with E-state index in [4.69, 9.17) is 9.97 Å². The zero-order valence-corrected chi connectivity index (χ0v) is 27.5. The fourth-order valence-electron chi connectivity index (χ4n) is 7.08. The van der Waals surface area contributed by atoms with Gasteiger partial charge < -0.3 is 0 Å². The molecular weight excluding hydrogens is 498 g/mol. The normalized spacial score (nSPS) is 22.2. The van der Waals surface area contributed by atoms with Crippen molar-refractivity contribution in [3.05, 3.63) is 53.5 Å². The Hall–Kier alpha value is -2.29. The Labute approximate surface area is 252 Å². The Morgan fingerprint density at radius 1 is 0.732 bits per heavy atom. The van der Waals surface area contributed by atoms with Gasteiger partial charge in [0.05, 0.1) is 11.2 Å². The number of aryl methyl sites for hydroxylation is 1. The molecule has 0 radical (unpaired) electrons. The van der Waals surface area contributed by atoms with E-state index < -0.39 is 0 Å². The number of aromatic nitrogens is 3. The Kier molecular flexibility index (Phi) is 14.3. The third-order valence-electron chi connectivity index (χ3n) is 9.57. The fourth-order valence-corrected chi connectivity index (χ4v) is 7.08. The van der Waals surface area contributed by atoms with Gasteiger partial charge in [-0.05, 0) is 80.4 Å². The van der Waals surface area contributed by atoms with Crippen LogP contribution in [-0.2, 0) is 12.8 Å². The first kappa shape index (κ1) is 33.2. The molecule has 0 saturated heterocycles. The average molecular weight is 558 g/mol. The molecule has 6 rings (SSSR count). The smallest absolute Gasteiger partial charge is 0.160 e. The van der Waals surface area contributed by atoms with E-state index in [-0.39, 0.29) is 0 Å². The molecule has 2 fully saturated rings. The van der Waals surface area contributed by atoms with E-state index in [1.54, 1.807) is 0 Å². The molecule has 0 amide bonds. The van der Waals surface area contributed by atoms with Gasteiger partial charge >= 0.3 is 0 Å². The highest BCUT2D eigenvalue weighted by Gasteiger charge is 2.29. The molecule has 1 aromatic carbocycles. The predicted molar refractivity (Wildman–Crippen MR) is 179 cm³/mol. The van der Waals surface area contributed by atoms with Gasteiger partial charge in [0.2, 0.25) is 0 Å². The summed E-state index contributed by atoms with van der Waals surface area (Å²) in [4.78, 5) is 15.4. The van der Waals surface area contributed by atoms with E-state index >= 15 is 0 Å². The first-order valence-corrected chi connectivity index (χ1v) is 17.5. The molecular formula is C38H59N3. The van der Waals surface area contributed by atoms with Crippen LogP contribution in [0.3, 0.4) is 0 Å². The first-order valence-electron chi connectivity index (χ1n) is 17.5. The lowest BCUT2D eigenvalue weighted by Crippen LogP contribution is -2.21. The highest BCUT2D eigenvalue weighted by atomic mass is 14.9. The second-order valence-corrected chi connectivity index (χ2v) is 11.8. The third kappa shape index (κ3) is 8.39. The van der Waals surface area contributed by atoms with Crippen molar-refractivity contribution in [2.24, 2.45) is 17.8 Å². The maximum absolute atomic E-state index is 5.46. The number of hydrogen-bond acceptors (Lipinski definition) is 3. The van der Waals surface area contributed by atoms with Crippen LogP contribution in [-0.4, -0.2) is 15.0 Å². The molecule has 0 spiro atoms. The lowest BCUT2D eigenvalue weighted by atomic mass is 9.74. The first-order chi connectivity index (χ1) is 20.3. The van der Waals surface area contributed by atoms with E-state index in [1.165, 1.54) is 106 Å². The van der Waals surface area contributed by atoms with Crippen molar-refractivity contribution in [3.63, 3.8) is 0 Å². The van der Waals surface area contributed by atoms with Crippen molar-refractivity contribution in [1.29, 1.82) is 0 Å². The van der Waals surface area contributed by atoms with Gasteiger partial charge in [0, 0.05) is 28.8 Å². The van der Waals surface area contributed by atoms with Crippen LogP contribution in [0.15, 0.2) is 36.5 Å². The Morgan fingerprint density at radius 2 is 1.49 bits per heavy atom. The molecule has 3 aliphatic carbocycles. The molecule has 3 aliphatic rings. The van der Waals surface area contributed by atoms with Crippen molar-refractivity contribution in [1.82, 2.24) is 15.0 Å². The summed E-state index contributed by atoms with van der Waals surface area (Å²) in [5.41, 5.74) is 6.49. The summed E-state index contributed by atoms with van der Waals surface area (Å²) < 4.78 is 0. The quantitative estimate of drug-likeness (QED) is 0.320. The highest BCUT2D eigenvalue weighted by molar-refractivity contribution is 5.92. The zero-order valence-electron chi connectivity index (χ0n) is 27.5. The third-order valence-corrected chi connectivity index (χ3v) is 9.57. The summed E-state index contributed by atoms with van der Waals surface area (Å²) in [6.45, 7) is 14.5. The van der Waals surface area contributed by atoms with Crippen LogP contribution < -0.4 is 0 Å². The largest absolute Gasteiger partial charge is 0.256 e. The van der Waals surface area contributed by atoms with Crippen LogP contribution in [0.1, 0.15) is 148 Å². The van der Waals surface area contributed by atoms with E-state index in [9.17, 15) is 0 Å². The van der Waals surface area contributed by atoms with Crippen LogP contribution in [0, 0.1) is 17.8 Å². The number of nitrogens with zero attached hydrogens (tertiary/aromatic N) is 3. The standard InChI is InChI=1S/C32H41N3.3C2H6/c1-22-8-6-14-28-30(19-16-23-9-7-10-23)34-32(27-20-21-33-29-15-5-4-13-26(27)29)35-31(28)25-12-3-2-11-24(22)17-18-25;3*1-2/h4-5,13,15,20-25H,2-3,6-12,14,16-19H2,1H3;3*1-2H3. The molecule has 0 N–H and O–H groups in total. The number of fused-ring (bicyclic) bond motifs is 6. The van der Waals surface area contributed by atoms with Crippen molar-refractivity contribution in [3.8, 4) is 11.4 Å². The minimum absolute atomic E-state index is 0.593. The monoisotopic (exact) mass is 557 g/mol.